The lowest BCUT2D eigenvalue weighted by Gasteiger charge is -2.18. The van der Waals surface area contributed by atoms with Crippen molar-refractivity contribution in [1.29, 1.82) is 0 Å². The van der Waals surface area contributed by atoms with E-state index in [4.69, 9.17) is 10.3 Å². The van der Waals surface area contributed by atoms with E-state index >= 15 is 0 Å². The van der Waals surface area contributed by atoms with Gasteiger partial charge in [0.1, 0.15) is 5.69 Å². The van der Waals surface area contributed by atoms with Gasteiger partial charge in [0.2, 0.25) is 11.7 Å². The van der Waals surface area contributed by atoms with Crippen LogP contribution >= 0.6 is 0 Å². The maximum absolute atomic E-state index is 6.11. The first-order chi connectivity index (χ1) is 8.13. The van der Waals surface area contributed by atoms with E-state index in [-0.39, 0.29) is 0 Å². The first-order valence-corrected chi connectivity index (χ1v) is 5.53. The summed E-state index contributed by atoms with van der Waals surface area (Å²) in [5.41, 5.74) is 6.09. The predicted molar refractivity (Wildman–Crippen MR) is 61.8 cm³/mol. The van der Waals surface area contributed by atoms with Crippen LogP contribution in [0.15, 0.2) is 23.1 Å². The number of hydrogen-bond donors (Lipinski definition) is 1. The zero-order chi connectivity index (χ0) is 12.3. The highest BCUT2D eigenvalue weighted by molar-refractivity contribution is 5.45. The van der Waals surface area contributed by atoms with E-state index in [2.05, 4.69) is 27.0 Å². The van der Waals surface area contributed by atoms with Crippen molar-refractivity contribution in [2.75, 3.05) is 0 Å². The SMILES string of the molecule is CCCC(C)(N)c1nc(-c2cnccn2)no1. The molecule has 0 radical (unpaired) electrons. The van der Waals surface area contributed by atoms with Crippen LogP contribution in [0.3, 0.4) is 0 Å². The van der Waals surface area contributed by atoms with Gasteiger partial charge in [0, 0.05) is 12.4 Å². The summed E-state index contributed by atoms with van der Waals surface area (Å²) in [6, 6.07) is 0. The molecule has 2 N–H and O–H groups in total. The summed E-state index contributed by atoms with van der Waals surface area (Å²) in [5, 5.41) is 3.87. The fourth-order valence-corrected chi connectivity index (χ4v) is 1.60. The second kappa shape index (κ2) is 4.58. The first kappa shape index (κ1) is 11.7. The quantitative estimate of drug-likeness (QED) is 0.860. The van der Waals surface area contributed by atoms with Crippen molar-refractivity contribution in [2.45, 2.75) is 32.2 Å². The molecule has 90 valence electrons. The van der Waals surface area contributed by atoms with Gasteiger partial charge in [-0.2, -0.15) is 4.98 Å². The Hall–Kier alpha value is -1.82. The van der Waals surface area contributed by atoms with Gasteiger partial charge in [-0.1, -0.05) is 18.5 Å². The van der Waals surface area contributed by atoms with Crippen LogP contribution in [0, 0.1) is 0 Å². The van der Waals surface area contributed by atoms with Crippen molar-refractivity contribution in [3.63, 3.8) is 0 Å². The average Bonchev–Trinajstić information content (AvgIpc) is 2.80. The lowest BCUT2D eigenvalue weighted by molar-refractivity contribution is 0.284. The normalized spacial score (nSPS) is 14.5. The Bertz CT molecular complexity index is 480. The van der Waals surface area contributed by atoms with Gasteiger partial charge in [0.25, 0.3) is 0 Å². The molecule has 1 unspecified atom stereocenters. The highest BCUT2D eigenvalue weighted by Crippen LogP contribution is 2.23. The maximum atomic E-state index is 6.11. The number of hydrogen-bond acceptors (Lipinski definition) is 6. The molecule has 2 aromatic rings. The molecule has 0 fully saturated rings. The van der Waals surface area contributed by atoms with Crippen LogP contribution in [0.4, 0.5) is 0 Å². The van der Waals surface area contributed by atoms with Gasteiger partial charge in [0.05, 0.1) is 11.7 Å². The Morgan fingerprint density at radius 3 is 2.88 bits per heavy atom. The van der Waals surface area contributed by atoms with Gasteiger partial charge in [-0.3, -0.25) is 4.98 Å². The fourth-order valence-electron chi connectivity index (χ4n) is 1.60. The average molecular weight is 233 g/mol. The van der Waals surface area contributed by atoms with Gasteiger partial charge in [-0.15, -0.1) is 0 Å². The third-order valence-corrected chi connectivity index (χ3v) is 2.48. The topological polar surface area (TPSA) is 90.7 Å². The van der Waals surface area contributed by atoms with Gasteiger partial charge in [0.15, 0.2) is 0 Å². The minimum atomic E-state index is -0.595. The molecule has 1 atom stereocenters. The van der Waals surface area contributed by atoms with E-state index in [1.165, 1.54) is 0 Å². The van der Waals surface area contributed by atoms with Crippen molar-refractivity contribution < 1.29 is 4.52 Å². The summed E-state index contributed by atoms with van der Waals surface area (Å²) in [6.45, 7) is 3.94. The zero-order valence-corrected chi connectivity index (χ0v) is 9.92. The minimum absolute atomic E-state index is 0.417. The summed E-state index contributed by atoms with van der Waals surface area (Å²) in [4.78, 5) is 12.3. The van der Waals surface area contributed by atoms with Crippen molar-refractivity contribution in [3.8, 4) is 11.5 Å². The molecule has 0 aliphatic rings. The van der Waals surface area contributed by atoms with E-state index in [1.807, 2.05) is 6.92 Å². The van der Waals surface area contributed by atoms with Gasteiger partial charge < -0.3 is 10.3 Å². The molecule has 2 heterocycles. The van der Waals surface area contributed by atoms with Gasteiger partial charge >= 0.3 is 0 Å². The molecule has 6 nitrogen and oxygen atoms in total. The van der Waals surface area contributed by atoms with E-state index in [0.717, 1.165) is 12.8 Å². The standard InChI is InChI=1S/C11H15N5O/c1-3-4-11(2,12)10-15-9(16-17-10)8-7-13-5-6-14-8/h5-7H,3-4,12H2,1-2H3. The van der Waals surface area contributed by atoms with Crippen molar-refractivity contribution in [3.05, 3.63) is 24.5 Å². The minimum Gasteiger partial charge on any atom is -0.337 e. The van der Waals surface area contributed by atoms with Crippen molar-refractivity contribution >= 4 is 0 Å². The molecule has 0 aromatic carbocycles. The lowest BCUT2D eigenvalue weighted by Crippen LogP contribution is -2.33. The Morgan fingerprint density at radius 1 is 1.41 bits per heavy atom. The molecule has 0 spiro atoms. The second-order valence-electron chi connectivity index (χ2n) is 4.18. The third kappa shape index (κ3) is 2.47. The first-order valence-electron chi connectivity index (χ1n) is 5.53. The van der Waals surface area contributed by atoms with Crippen LogP contribution < -0.4 is 5.73 Å². The Labute approximate surface area is 99.3 Å². The van der Waals surface area contributed by atoms with E-state index in [1.54, 1.807) is 18.6 Å². The number of aromatic nitrogens is 4. The van der Waals surface area contributed by atoms with Gasteiger partial charge in [-0.25, -0.2) is 4.98 Å². The molecule has 0 aliphatic heterocycles. The molecule has 0 saturated heterocycles. The Morgan fingerprint density at radius 2 is 2.24 bits per heavy atom. The van der Waals surface area contributed by atoms with E-state index < -0.39 is 5.54 Å². The van der Waals surface area contributed by atoms with Crippen LogP contribution in [0.1, 0.15) is 32.6 Å². The van der Waals surface area contributed by atoms with E-state index in [9.17, 15) is 0 Å². The van der Waals surface area contributed by atoms with Crippen LogP contribution in [-0.4, -0.2) is 20.1 Å². The summed E-state index contributed by atoms with van der Waals surface area (Å²) in [5.74, 6) is 0.848. The van der Waals surface area contributed by atoms with Crippen LogP contribution in [-0.2, 0) is 5.54 Å². The molecule has 2 rings (SSSR count). The summed E-state index contributed by atoms with van der Waals surface area (Å²) >= 11 is 0. The molecular weight excluding hydrogens is 218 g/mol. The van der Waals surface area contributed by atoms with Crippen LogP contribution in [0.5, 0.6) is 0 Å². The molecule has 6 heteroatoms. The number of nitrogens with zero attached hydrogens (tertiary/aromatic N) is 4. The van der Waals surface area contributed by atoms with Crippen molar-refractivity contribution in [1.82, 2.24) is 20.1 Å². The summed E-state index contributed by atoms with van der Waals surface area (Å²) in [7, 11) is 0. The van der Waals surface area contributed by atoms with Gasteiger partial charge in [-0.05, 0) is 13.3 Å². The second-order valence-corrected chi connectivity index (χ2v) is 4.18. The third-order valence-electron chi connectivity index (χ3n) is 2.48. The highest BCUT2D eigenvalue weighted by Gasteiger charge is 2.27. The van der Waals surface area contributed by atoms with Crippen LogP contribution in [0.25, 0.3) is 11.5 Å². The Kier molecular flexibility index (Phi) is 3.14. The largest absolute Gasteiger partial charge is 0.337 e. The molecule has 0 saturated carbocycles. The predicted octanol–water partition coefficient (Wildman–Crippen LogP) is 1.50. The smallest absolute Gasteiger partial charge is 0.246 e. The molecule has 0 aliphatic carbocycles. The number of nitrogens with two attached hydrogens (primary N) is 1. The molecule has 0 amide bonds. The maximum Gasteiger partial charge on any atom is 0.246 e. The Balaban J connectivity index is 2.28. The number of rotatable bonds is 4. The van der Waals surface area contributed by atoms with Crippen molar-refractivity contribution in [2.24, 2.45) is 5.73 Å². The molecular formula is C11H15N5O. The van der Waals surface area contributed by atoms with Crippen LogP contribution in [0.2, 0.25) is 0 Å². The molecule has 0 bridgehead atoms. The fraction of sp³-hybridized carbons (Fsp3) is 0.455. The monoisotopic (exact) mass is 233 g/mol. The molecule has 2 aromatic heterocycles. The zero-order valence-electron chi connectivity index (χ0n) is 9.92. The molecule has 17 heavy (non-hydrogen) atoms. The highest BCUT2D eigenvalue weighted by atomic mass is 16.5. The lowest BCUT2D eigenvalue weighted by atomic mass is 9.98. The summed E-state index contributed by atoms with van der Waals surface area (Å²) < 4.78 is 5.18. The summed E-state index contributed by atoms with van der Waals surface area (Å²) in [6.07, 6.45) is 6.50. The van der Waals surface area contributed by atoms with E-state index in [0.29, 0.717) is 17.4 Å².